The maximum absolute atomic E-state index is 12.5. The molecule has 0 saturated carbocycles. The van der Waals surface area contributed by atoms with Crippen molar-refractivity contribution in [3.8, 4) is 11.5 Å². The number of alkyl halides is 3. The average molecular weight is 383 g/mol. The third-order valence-electron chi connectivity index (χ3n) is 3.94. The molecule has 1 unspecified atom stereocenters. The summed E-state index contributed by atoms with van der Waals surface area (Å²) >= 11 is 0. The van der Waals surface area contributed by atoms with E-state index in [-0.39, 0.29) is 18.5 Å². The number of anilines is 1. The number of ether oxygens (including phenoxy) is 2. The first-order chi connectivity index (χ1) is 12.7. The third kappa shape index (κ3) is 5.62. The molecule has 0 bridgehead atoms. The molecule has 0 aromatic heterocycles. The summed E-state index contributed by atoms with van der Waals surface area (Å²) in [4.78, 5) is 12.0. The molecule has 2 aromatic carbocycles. The Morgan fingerprint density at radius 1 is 1.11 bits per heavy atom. The molecule has 0 heterocycles. The molecule has 1 amide bonds. The van der Waals surface area contributed by atoms with Crippen molar-refractivity contribution in [2.75, 3.05) is 19.5 Å². The maximum atomic E-state index is 12.5. The third-order valence-corrected chi connectivity index (χ3v) is 3.94. The second-order valence-corrected chi connectivity index (χ2v) is 5.79. The minimum Gasteiger partial charge on any atom is -0.497 e. The predicted molar refractivity (Wildman–Crippen MR) is 93.8 cm³/mol. The SMILES string of the molecule is COc1ccc(C(O)CCC(=O)Nc2ccc(C(F)(F)F)cc2)c(OC)c1. The van der Waals surface area contributed by atoms with Gasteiger partial charge in [0.25, 0.3) is 0 Å². The topological polar surface area (TPSA) is 67.8 Å². The van der Waals surface area contributed by atoms with Gasteiger partial charge in [-0.1, -0.05) is 0 Å². The standard InChI is InChI=1S/C19H20F3NO4/c1-26-14-7-8-15(17(11-14)27-2)16(24)9-10-18(25)23-13-5-3-12(4-6-13)19(20,21)22/h3-8,11,16,24H,9-10H2,1-2H3,(H,23,25). The van der Waals surface area contributed by atoms with Gasteiger partial charge in [-0.05, 0) is 42.8 Å². The number of nitrogens with one attached hydrogen (secondary N) is 1. The molecule has 0 saturated heterocycles. The van der Waals surface area contributed by atoms with Gasteiger partial charge in [0.05, 0.1) is 25.9 Å². The van der Waals surface area contributed by atoms with E-state index in [0.717, 1.165) is 12.1 Å². The Bertz CT molecular complexity index is 776. The van der Waals surface area contributed by atoms with E-state index in [0.29, 0.717) is 17.1 Å². The van der Waals surface area contributed by atoms with Crippen molar-refractivity contribution < 1.29 is 32.5 Å². The zero-order chi connectivity index (χ0) is 20.0. The molecule has 0 aliphatic rings. The van der Waals surface area contributed by atoms with Crippen molar-refractivity contribution in [1.82, 2.24) is 0 Å². The van der Waals surface area contributed by atoms with Crippen molar-refractivity contribution in [3.05, 3.63) is 53.6 Å². The van der Waals surface area contributed by atoms with Gasteiger partial charge in [0, 0.05) is 23.7 Å². The molecule has 5 nitrogen and oxygen atoms in total. The molecule has 0 fully saturated rings. The molecule has 0 radical (unpaired) electrons. The number of hydrogen-bond donors (Lipinski definition) is 2. The first kappa shape index (κ1) is 20.6. The van der Waals surface area contributed by atoms with Gasteiger partial charge in [0.1, 0.15) is 11.5 Å². The number of rotatable bonds is 7. The first-order valence-electron chi connectivity index (χ1n) is 8.11. The van der Waals surface area contributed by atoms with E-state index in [2.05, 4.69) is 5.32 Å². The predicted octanol–water partition coefficient (Wildman–Crippen LogP) is 4.17. The van der Waals surface area contributed by atoms with E-state index < -0.39 is 23.8 Å². The molecule has 146 valence electrons. The van der Waals surface area contributed by atoms with Crippen LogP contribution in [-0.2, 0) is 11.0 Å². The Morgan fingerprint density at radius 2 is 1.78 bits per heavy atom. The van der Waals surface area contributed by atoms with E-state index in [1.807, 2.05) is 0 Å². The van der Waals surface area contributed by atoms with Crippen LogP contribution in [0.15, 0.2) is 42.5 Å². The van der Waals surface area contributed by atoms with Gasteiger partial charge < -0.3 is 19.9 Å². The van der Waals surface area contributed by atoms with E-state index in [4.69, 9.17) is 9.47 Å². The van der Waals surface area contributed by atoms with Crippen LogP contribution in [-0.4, -0.2) is 25.2 Å². The highest BCUT2D eigenvalue weighted by Crippen LogP contribution is 2.32. The first-order valence-corrected chi connectivity index (χ1v) is 8.11. The number of aliphatic hydroxyl groups excluding tert-OH is 1. The number of amides is 1. The van der Waals surface area contributed by atoms with E-state index >= 15 is 0 Å². The van der Waals surface area contributed by atoms with E-state index in [1.165, 1.54) is 26.4 Å². The molecule has 27 heavy (non-hydrogen) atoms. The van der Waals surface area contributed by atoms with Crippen LogP contribution >= 0.6 is 0 Å². The molecule has 0 spiro atoms. The Labute approximate surface area is 154 Å². The molecular formula is C19H20F3NO4. The zero-order valence-corrected chi connectivity index (χ0v) is 14.8. The van der Waals surface area contributed by atoms with Crippen molar-refractivity contribution in [2.45, 2.75) is 25.1 Å². The molecule has 0 aliphatic carbocycles. The highest BCUT2D eigenvalue weighted by atomic mass is 19.4. The molecular weight excluding hydrogens is 363 g/mol. The normalized spacial score (nSPS) is 12.4. The van der Waals surface area contributed by atoms with E-state index in [9.17, 15) is 23.1 Å². The van der Waals surface area contributed by atoms with Crippen LogP contribution in [0.25, 0.3) is 0 Å². The Morgan fingerprint density at radius 3 is 2.33 bits per heavy atom. The van der Waals surface area contributed by atoms with Gasteiger partial charge in [-0.15, -0.1) is 0 Å². The van der Waals surface area contributed by atoms with Gasteiger partial charge in [0.2, 0.25) is 5.91 Å². The lowest BCUT2D eigenvalue weighted by Gasteiger charge is -2.16. The monoisotopic (exact) mass is 383 g/mol. The summed E-state index contributed by atoms with van der Waals surface area (Å²) in [7, 11) is 2.97. The van der Waals surface area contributed by atoms with Gasteiger partial charge in [-0.25, -0.2) is 0 Å². The fraction of sp³-hybridized carbons (Fsp3) is 0.316. The molecule has 0 aliphatic heterocycles. The van der Waals surface area contributed by atoms with Crippen LogP contribution < -0.4 is 14.8 Å². The fourth-order valence-corrected chi connectivity index (χ4v) is 2.48. The van der Waals surface area contributed by atoms with Gasteiger partial charge in [0.15, 0.2) is 0 Å². The minimum atomic E-state index is -4.43. The summed E-state index contributed by atoms with van der Waals surface area (Å²) in [6, 6.07) is 9.10. The number of halogens is 3. The number of benzene rings is 2. The number of carbonyl (C=O) groups is 1. The van der Waals surface area contributed by atoms with E-state index in [1.54, 1.807) is 18.2 Å². The lowest BCUT2D eigenvalue weighted by molar-refractivity contribution is -0.137. The van der Waals surface area contributed by atoms with Crippen molar-refractivity contribution in [1.29, 1.82) is 0 Å². The largest absolute Gasteiger partial charge is 0.497 e. The smallest absolute Gasteiger partial charge is 0.416 e. The quantitative estimate of drug-likeness (QED) is 0.753. The average Bonchev–Trinajstić information content (AvgIpc) is 2.65. The maximum Gasteiger partial charge on any atom is 0.416 e. The summed E-state index contributed by atoms with van der Waals surface area (Å²) in [5, 5.41) is 12.8. The Balaban J connectivity index is 1.93. The number of aliphatic hydroxyl groups is 1. The van der Waals surface area contributed by atoms with Crippen LogP contribution in [0.4, 0.5) is 18.9 Å². The van der Waals surface area contributed by atoms with Gasteiger partial charge in [-0.3, -0.25) is 4.79 Å². The molecule has 8 heteroatoms. The van der Waals surface area contributed by atoms with Crippen LogP contribution in [0, 0.1) is 0 Å². The summed E-state index contributed by atoms with van der Waals surface area (Å²) < 4.78 is 47.9. The van der Waals surface area contributed by atoms with Gasteiger partial charge in [-0.2, -0.15) is 13.2 Å². The van der Waals surface area contributed by atoms with Crippen LogP contribution in [0.3, 0.4) is 0 Å². The van der Waals surface area contributed by atoms with Crippen LogP contribution in [0.1, 0.15) is 30.1 Å². The highest BCUT2D eigenvalue weighted by molar-refractivity contribution is 5.90. The lowest BCUT2D eigenvalue weighted by Crippen LogP contribution is -2.13. The van der Waals surface area contributed by atoms with Crippen molar-refractivity contribution in [2.24, 2.45) is 0 Å². The second-order valence-electron chi connectivity index (χ2n) is 5.79. The number of methoxy groups -OCH3 is 2. The molecule has 2 N–H and O–H groups in total. The van der Waals surface area contributed by atoms with Crippen molar-refractivity contribution in [3.63, 3.8) is 0 Å². The summed E-state index contributed by atoms with van der Waals surface area (Å²) in [6.45, 7) is 0. The number of hydrogen-bond acceptors (Lipinski definition) is 4. The van der Waals surface area contributed by atoms with Crippen LogP contribution in [0.2, 0.25) is 0 Å². The lowest BCUT2D eigenvalue weighted by atomic mass is 10.0. The second kappa shape index (κ2) is 8.77. The molecule has 2 aromatic rings. The summed E-state index contributed by atoms with van der Waals surface area (Å²) in [5.41, 5.74) is -0.0207. The fourth-order valence-electron chi connectivity index (χ4n) is 2.48. The number of carbonyl (C=O) groups excluding carboxylic acids is 1. The van der Waals surface area contributed by atoms with Gasteiger partial charge >= 0.3 is 6.18 Å². The van der Waals surface area contributed by atoms with Crippen LogP contribution in [0.5, 0.6) is 11.5 Å². The minimum absolute atomic E-state index is 0.0165. The van der Waals surface area contributed by atoms with Crippen molar-refractivity contribution >= 4 is 11.6 Å². The summed E-state index contributed by atoms with van der Waals surface area (Å²) in [5.74, 6) is 0.592. The molecule has 1 atom stereocenters. The Hall–Kier alpha value is -2.74. The molecule has 2 rings (SSSR count). The highest BCUT2D eigenvalue weighted by Gasteiger charge is 2.30. The summed E-state index contributed by atoms with van der Waals surface area (Å²) in [6.07, 6.45) is -5.26. The zero-order valence-electron chi connectivity index (χ0n) is 14.8. The Kier molecular flexibility index (Phi) is 6.68.